The zero-order valence-electron chi connectivity index (χ0n) is 21.4. The van der Waals surface area contributed by atoms with E-state index in [4.69, 9.17) is 0 Å². The van der Waals surface area contributed by atoms with Crippen LogP contribution >= 0.6 is 0 Å². The lowest BCUT2D eigenvalue weighted by atomic mass is 9.86. The van der Waals surface area contributed by atoms with Gasteiger partial charge in [-0.05, 0) is 49.8 Å². The monoisotopic (exact) mass is 559 g/mol. The molecule has 0 saturated heterocycles. The summed E-state index contributed by atoms with van der Waals surface area (Å²) >= 11 is 0. The SMILES string of the molecule is O=C(CNC1CCC(CNc2nc(NCc3ccccc3OC(F)(F)F)ncc2[N+](=O)[O-])CC1)c1cccnc1. The van der Waals surface area contributed by atoms with Crippen molar-refractivity contribution in [3.05, 3.63) is 76.2 Å². The summed E-state index contributed by atoms with van der Waals surface area (Å²) in [5, 5.41) is 20.7. The summed E-state index contributed by atoms with van der Waals surface area (Å²) in [6, 6.07) is 9.28. The lowest BCUT2D eigenvalue weighted by molar-refractivity contribution is -0.384. The molecule has 11 nitrogen and oxygen atoms in total. The van der Waals surface area contributed by atoms with Crippen LogP contribution in [0.4, 0.5) is 30.6 Å². The van der Waals surface area contributed by atoms with Gasteiger partial charge in [0.25, 0.3) is 0 Å². The van der Waals surface area contributed by atoms with Crippen LogP contribution in [0.15, 0.2) is 55.0 Å². The van der Waals surface area contributed by atoms with E-state index >= 15 is 0 Å². The van der Waals surface area contributed by atoms with Gasteiger partial charge in [-0.1, -0.05) is 18.2 Å². The summed E-state index contributed by atoms with van der Waals surface area (Å²) in [6.07, 6.45) is 2.78. The molecule has 0 atom stereocenters. The first-order valence-corrected chi connectivity index (χ1v) is 12.7. The molecule has 1 saturated carbocycles. The predicted octanol–water partition coefficient (Wildman–Crippen LogP) is 4.73. The molecule has 3 aromatic rings. The first-order chi connectivity index (χ1) is 19.2. The lowest BCUT2D eigenvalue weighted by Crippen LogP contribution is -2.37. The van der Waals surface area contributed by atoms with Crippen LogP contribution in [0.5, 0.6) is 5.75 Å². The minimum atomic E-state index is -4.84. The minimum absolute atomic E-state index is 0.0149. The molecular formula is C26H28F3N7O4. The largest absolute Gasteiger partial charge is 0.573 e. The van der Waals surface area contributed by atoms with Crippen molar-refractivity contribution in [2.45, 2.75) is 44.6 Å². The highest BCUT2D eigenvalue weighted by molar-refractivity contribution is 5.97. The van der Waals surface area contributed by atoms with E-state index in [1.165, 1.54) is 18.2 Å². The number of pyridine rings is 1. The molecule has 40 heavy (non-hydrogen) atoms. The maximum absolute atomic E-state index is 12.7. The van der Waals surface area contributed by atoms with Gasteiger partial charge in [-0.3, -0.25) is 19.9 Å². The lowest BCUT2D eigenvalue weighted by Gasteiger charge is -2.29. The highest BCUT2D eigenvalue weighted by atomic mass is 19.4. The van der Waals surface area contributed by atoms with Gasteiger partial charge in [0.1, 0.15) is 11.9 Å². The summed E-state index contributed by atoms with van der Waals surface area (Å²) in [7, 11) is 0. The van der Waals surface area contributed by atoms with E-state index in [1.54, 1.807) is 30.6 Å². The zero-order chi connectivity index (χ0) is 28.5. The number of rotatable bonds is 12. The fourth-order valence-corrected chi connectivity index (χ4v) is 4.45. The van der Waals surface area contributed by atoms with Crippen LogP contribution in [0.3, 0.4) is 0 Å². The smallest absolute Gasteiger partial charge is 0.405 e. The van der Waals surface area contributed by atoms with E-state index in [-0.39, 0.29) is 59.6 Å². The van der Waals surface area contributed by atoms with Crippen LogP contribution in [-0.4, -0.2) is 51.2 Å². The summed E-state index contributed by atoms with van der Waals surface area (Å²) in [5.41, 5.74) is 0.464. The number of carbonyl (C=O) groups is 1. The predicted molar refractivity (Wildman–Crippen MR) is 140 cm³/mol. The highest BCUT2D eigenvalue weighted by Crippen LogP contribution is 2.29. The van der Waals surface area contributed by atoms with Crippen molar-refractivity contribution in [1.29, 1.82) is 0 Å². The van der Waals surface area contributed by atoms with Crippen LogP contribution in [0.25, 0.3) is 0 Å². The van der Waals surface area contributed by atoms with Gasteiger partial charge in [-0.2, -0.15) is 4.98 Å². The molecule has 0 unspecified atom stereocenters. The molecule has 0 bridgehead atoms. The molecule has 0 spiro atoms. The highest BCUT2D eigenvalue weighted by Gasteiger charge is 2.32. The average molecular weight is 560 g/mol. The Morgan fingerprint density at radius 1 is 1.07 bits per heavy atom. The van der Waals surface area contributed by atoms with Gasteiger partial charge in [0, 0.05) is 42.7 Å². The Hall–Kier alpha value is -4.33. The molecule has 1 fully saturated rings. The molecule has 2 aromatic heterocycles. The van der Waals surface area contributed by atoms with E-state index < -0.39 is 11.3 Å². The van der Waals surface area contributed by atoms with Gasteiger partial charge in [-0.25, -0.2) is 4.98 Å². The quantitative estimate of drug-likeness (QED) is 0.162. The Morgan fingerprint density at radius 3 is 2.55 bits per heavy atom. The molecule has 0 radical (unpaired) electrons. The fraction of sp³-hybridized carbons (Fsp3) is 0.385. The molecule has 1 aliphatic rings. The first-order valence-electron chi connectivity index (χ1n) is 12.7. The van der Waals surface area contributed by atoms with Crippen LogP contribution in [0, 0.1) is 16.0 Å². The number of halogens is 3. The number of carbonyl (C=O) groups excluding carboxylic acids is 1. The first kappa shape index (κ1) is 28.7. The Labute approximate surface area is 227 Å². The number of nitrogens with zero attached hydrogens (tertiary/aromatic N) is 4. The molecular weight excluding hydrogens is 531 g/mol. The maximum Gasteiger partial charge on any atom is 0.573 e. The van der Waals surface area contributed by atoms with Crippen LogP contribution in [0.1, 0.15) is 41.6 Å². The molecule has 3 N–H and O–H groups in total. The maximum atomic E-state index is 12.7. The summed E-state index contributed by atoms with van der Waals surface area (Å²) in [6.45, 7) is 0.583. The van der Waals surface area contributed by atoms with Crippen molar-refractivity contribution in [2.24, 2.45) is 5.92 Å². The third-order valence-electron chi connectivity index (χ3n) is 6.54. The summed E-state index contributed by atoms with van der Waals surface area (Å²) in [5.74, 6) is -0.113. The topological polar surface area (TPSA) is 144 Å². The molecule has 2 heterocycles. The van der Waals surface area contributed by atoms with Gasteiger partial charge in [-0.15, -0.1) is 13.2 Å². The Morgan fingerprint density at radius 2 is 1.85 bits per heavy atom. The fourth-order valence-electron chi connectivity index (χ4n) is 4.45. The number of aromatic nitrogens is 3. The number of hydrogen-bond acceptors (Lipinski definition) is 10. The molecule has 212 valence electrons. The van der Waals surface area contributed by atoms with Crippen LogP contribution < -0.4 is 20.7 Å². The Kier molecular flexibility index (Phi) is 9.43. The normalized spacial score (nSPS) is 17.2. The average Bonchev–Trinajstić information content (AvgIpc) is 2.94. The van der Waals surface area contributed by atoms with Gasteiger partial charge >= 0.3 is 12.0 Å². The number of ether oxygens (including phenoxy) is 1. The van der Waals surface area contributed by atoms with E-state index in [0.29, 0.717) is 12.1 Å². The van der Waals surface area contributed by atoms with Crippen molar-refractivity contribution in [2.75, 3.05) is 23.7 Å². The van der Waals surface area contributed by atoms with Gasteiger partial charge in [0.15, 0.2) is 5.78 Å². The zero-order valence-corrected chi connectivity index (χ0v) is 21.4. The van der Waals surface area contributed by atoms with Crippen LogP contribution in [-0.2, 0) is 6.54 Å². The van der Waals surface area contributed by atoms with Gasteiger partial charge in [0.05, 0.1) is 11.5 Å². The van der Waals surface area contributed by atoms with Crippen molar-refractivity contribution in [1.82, 2.24) is 20.3 Å². The molecule has 4 rings (SSSR count). The molecule has 1 aromatic carbocycles. The third-order valence-corrected chi connectivity index (χ3v) is 6.54. The molecule has 1 aliphatic carbocycles. The van der Waals surface area contributed by atoms with Gasteiger partial charge < -0.3 is 20.7 Å². The second kappa shape index (κ2) is 13.2. The summed E-state index contributed by atoms with van der Waals surface area (Å²) in [4.78, 5) is 35.3. The van der Waals surface area contributed by atoms with E-state index in [2.05, 4.69) is 35.6 Å². The van der Waals surface area contributed by atoms with Gasteiger partial charge in [0.2, 0.25) is 11.8 Å². The van der Waals surface area contributed by atoms with E-state index in [9.17, 15) is 28.1 Å². The molecule has 14 heteroatoms. The number of benzene rings is 1. The minimum Gasteiger partial charge on any atom is -0.405 e. The second-order valence-corrected chi connectivity index (χ2v) is 9.34. The second-order valence-electron chi connectivity index (χ2n) is 9.34. The van der Waals surface area contributed by atoms with Crippen molar-refractivity contribution < 1.29 is 27.6 Å². The molecule has 0 amide bonds. The number of anilines is 2. The summed E-state index contributed by atoms with van der Waals surface area (Å²) < 4.78 is 42.1. The Bertz CT molecular complexity index is 1300. The number of alkyl halides is 3. The van der Waals surface area contributed by atoms with Crippen molar-refractivity contribution in [3.63, 3.8) is 0 Å². The van der Waals surface area contributed by atoms with Crippen molar-refractivity contribution >= 4 is 23.2 Å². The number of para-hydroxylation sites is 1. The van der Waals surface area contributed by atoms with Crippen LogP contribution in [0.2, 0.25) is 0 Å². The van der Waals surface area contributed by atoms with E-state index in [0.717, 1.165) is 31.9 Å². The number of nitro groups is 1. The van der Waals surface area contributed by atoms with E-state index in [1.807, 2.05) is 0 Å². The number of Topliss-reactive ketones (excluding diaryl/α,β-unsaturated/α-hetero) is 1. The third kappa shape index (κ3) is 8.33. The Balaban J connectivity index is 1.29. The number of hydrogen-bond donors (Lipinski definition) is 3. The standard InChI is InChI=1S/C26H28F3N7O4/c27-26(28,29)40-23-6-2-1-4-19(23)14-33-25-34-15-21(36(38)39)24(35-25)32-12-17-7-9-20(10-8-17)31-16-22(37)18-5-3-11-30-13-18/h1-6,11,13,15,17,20,31H,7-10,12,14,16H2,(H2,32,33,34,35). The molecule has 0 aliphatic heterocycles. The number of nitrogens with one attached hydrogen (secondary N) is 3. The van der Waals surface area contributed by atoms with Crippen molar-refractivity contribution in [3.8, 4) is 5.75 Å². The number of ketones is 1.